The van der Waals surface area contributed by atoms with Crippen molar-refractivity contribution in [1.29, 1.82) is 0 Å². The zero-order valence-corrected chi connectivity index (χ0v) is 18.0. The van der Waals surface area contributed by atoms with Crippen LogP contribution in [0.5, 0.6) is 5.75 Å². The number of para-hydroxylation sites is 1. The number of benzene rings is 3. The lowest BCUT2D eigenvalue weighted by atomic mass is 10.2. The molecule has 0 unspecified atom stereocenters. The van der Waals surface area contributed by atoms with Gasteiger partial charge in [0.05, 0.1) is 10.5 Å². The van der Waals surface area contributed by atoms with Gasteiger partial charge in [-0.2, -0.15) is 0 Å². The monoisotopic (exact) mass is 458 g/mol. The first-order valence-electron chi connectivity index (χ1n) is 9.11. The molecule has 0 saturated carbocycles. The highest BCUT2D eigenvalue weighted by Crippen LogP contribution is 2.24. The highest BCUT2D eigenvalue weighted by molar-refractivity contribution is 7.90. The van der Waals surface area contributed by atoms with Gasteiger partial charge in [-0.3, -0.25) is 9.59 Å². The number of hydrogen-bond acceptors (Lipinski definition) is 5. The number of carbonyl (C=O) groups is 2. The number of carbonyl (C=O) groups excluding carboxylic acids is 2. The molecule has 0 heterocycles. The molecule has 0 bridgehead atoms. The summed E-state index contributed by atoms with van der Waals surface area (Å²) < 4.78 is 28.5. The largest absolute Gasteiger partial charge is 0.483 e. The van der Waals surface area contributed by atoms with E-state index in [9.17, 15) is 18.0 Å². The van der Waals surface area contributed by atoms with E-state index >= 15 is 0 Å². The summed E-state index contributed by atoms with van der Waals surface area (Å²) in [6, 6.07) is 19.2. The Morgan fingerprint density at radius 1 is 0.903 bits per heavy atom. The molecule has 3 rings (SSSR count). The van der Waals surface area contributed by atoms with Crippen molar-refractivity contribution in [3.05, 3.63) is 83.4 Å². The zero-order valence-electron chi connectivity index (χ0n) is 16.5. The summed E-state index contributed by atoms with van der Waals surface area (Å²) in [5.41, 5.74) is 1.20. The number of hydrogen-bond donors (Lipinski definition) is 2. The molecule has 3 aromatic rings. The van der Waals surface area contributed by atoms with Crippen molar-refractivity contribution in [3.63, 3.8) is 0 Å². The van der Waals surface area contributed by atoms with Crippen LogP contribution in [0.4, 0.5) is 11.4 Å². The predicted molar refractivity (Wildman–Crippen MR) is 120 cm³/mol. The molecule has 0 aliphatic heterocycles. The Bertz CT molecular complexity index is 1200. The average Bonchev–Trinajstić information content (AvgIpc) is 2.73. The Morgan fingerprint density at radius 3 is 2.19 bits per heavy atom. The third-order valence-electron chi connectivity index (χ3n) is 4.14. The van der Waals surface area contributed by atoms with Crippen LogP contribution in [0.25, 0.3) is 0 Å². The molecule has 7 nitrogen and oxygen atoms in total. The minimum atomic E-state index is -3.32. The summed E-state index contributed by atoms with van der Waals surface area (Å²) in [6.45, 7) is -0.360. The Kier molecular flexibility index (Phi) is 6.94. The van der Waals surface area contributed by atoms with Crippen LogP contribution < -0.4 is 15.4 Å². The van der Waals surface area contributed by atoms with E-state index in [-0.39, 0.29) is 22.8 Å². The summed E-state index contributed by atoms with van der Waals surface area (Å²) in [7, 11) is -3.32. The first-order valence-corrected chi connectivity index (χ1v) is 11.4. The summed E-state index contributed by atoms with van der Waals surface area (Å²) >= 11 is 6.02. The van der Waals surface area contributed by atoms with Crippen molar-refractivity contribution in [2.75, 3.05) is 23.5 Å². The van der Waals surface area contributed by atoms with E-state index in [4.69, 9.17) is 16.3 Å². The highest BCUT2D eigenvalue weighted by Gasteiger charge is 2.15. The fraction of sp³-hybridized carbons (Fsp3) is 0.0909. The van der Waals surface area contributed by atoms with E-state index in [0.29, 0.717) is 16.4 Å². The predicted octanol–water partition coefficient (Wildman–Crippen LogP) is 4.01. The Morgan fingerprint density at radius 2 is 1.55 bits per heavy atom. The van der Waals surface area contributed by atoms with Crippen LogP contribution in [0.2, 0.25) is 5.02 Å². The van der Waals surface area contributed by atoms with Crippen LogP contribution in [0.3, 0.4) is 0 Å². The van der Waals surface area contributed by atoms with E-state index in [1.54, 1.807) is 30.3 Å². The lowest BCUT2D eigenvalue weighted by molar-refractivity contribution is -0.118. The molecule has 2 amide bonds. The van der Waals surface area contributed by atoms with Crippen molar-refractivity contribution in [2.24, 2.45) is 0 Å². The number of halogens is 1. The Balaban J connectivity index is 1.66. The molecule has 0 saturated heterocycles. The maximum absolute atomic E-state index is 12.6. The van der Waals surface area contributed by atoms with Gasteiger partial charge in [-0.05, 0) is 54.6 Å². The molecular formula is C22H19ClN2O5S. The summed E-state index contributed by atoms with van der Waals surface area (Å²) in [6.07, 6.45) is 1.10. The van der Waals surface area contributed by atoms with Crippen LogP contribution in [-0.2, 0) is 14.6 Å². The van der Waals surface area contributed by atoms with Gasteiger partial charge in [-0.25, -0.2) is 8.42 Å². The lowest BCUT2D eigenvalue weighted by Crippen LogP contribution is -2.21. The number of sulfone groups is 1. The maximum Gasteiger partial charge on any atom is 0.262 e. The molecule has 0 spiro atoms. The smallest absolute Gasteiger partial charge is 0.262 e. The summed E-state index contributed by atoms with van der Waals surface area (Å²) in [5.74, 6) is -0.711. The SMILES string of the molecule is CS(=O)(=O)c1ccc(NC(=O)COc2ccc(Cl)cc2C(=O)Nc2ccccc2)cc1. The Labute approximate surface area is 184 Å². The molecule has 0 fully saturated rings. The van der Waals surface area contributed by atoms with Gasteiger partial charge in [0.25, 0.3) is 11.8 Å². The second kappa shape index (κ2) is 9.63. The van der Waals surface area contributed by atoms with E-state index in [0.717, 1.165) is 6.26 Å². The number of nitrogens with one attached hydrogen (secondary N) is 2. The van der Waals surface area contributed by atoms with Gasteiger partial charge < -0.3 is 15.4 Å². The molecule has 160 valence electrons. The van der Waals surface area contributed by atoms with E-state index < -0.39 is 21.7 Å². The number of ether oxygens (including phenoxy) is 1. The fourth-order valence-corrected chi connectivity index (χ4v) is 3.45. The minimum absolute atomic E-state index is 0.150. The first-order chi connectivity index (χ1) is 14.7. The number of anilines is 2. The van der Waals surface area contributed by atoms with E-state index in [1.807, 2.05) is 6.07 Å². The van der Waals surface area contributed by atoms with Crippen molar-refractivity contribution in [2.45, 2.75) is 4.90 Å². The van der Waals surface area contributed by atoms with E-state index in [1.165, 1.54) is 36.4 Å². The quantitative estimate of drug-likeness (QED) is 0.557. The van der Waals surface area contributed by atoms with Crippen molar-refractivity contribution >= 4 is 44.6 Å². The van der Waals surface area contributed by atoms with Crippen LogP contribution in [0.15, 0.2) is 77.7 Å². The fourth-order valence-electron chi connectivity index (χ4n) is 2.65. The molecule has 9 heteroatoms. The molecular weight excluding hydrogens is 440 g/mol. The third kappa shape index (κ3) is 6.31. The molecule has 0 radical (unpaired) electrons. The van der Waals surface area contributed by atoms with Crippen LogP contribution in [0, 0.1) is 0 Å². The molecule has 0 aliphatic rings. The zero-order chi connectivity index (χ0) is 22.4. The van der Waals surface area contributed by atoms with Crippen molar-refractivity contribution in [1.82, 2.24) is 0 Å². The highest BCUT2D eigenvalue weighted by atomic mass is 35.5. The maximum atomic E-state index is 12.6. The normalized spacial score (nSPS) is 10.9. The summed E-state index contributed by atoms with van der Waals surface area (Å²) in [4.78, 5) is 25.0. The Hall–Kier alpha value is -3.36. The van der Waals surface area contributed by atoms with Gasteiger partial charge in [0.1, 0.15) is 5.75 Å². The molecule has 2 N–H and O–H groups in total. The number of amides is 2. The third-order valence-corrected chi connectivity index (χ3v) is 5.51. The van der Waals surface area contributed by atoms with Gasteiger partial charge in [0, 0.05) is 22.7 Å². The molecule has 0 aliphatic carbocycles. The number of rotatable bonds is 7. The van der Waals surface area contributed by atoms with Gasteiger partial charge in [-0.15, -0.1) is 0 Å². The molecule has 31 heavy (non-hydrogen) atoms. The average molecular weight is 459 g/mol. The lowest BCUT2D eigenvalue weighted by Gasteiger charge is -2.12. The van der Waals surface area contributed by atoms with Gasteiger partial charge in [-0.1, -0.05) is 29.8 Å². The van der Waals surface area contributed by atoms with E-state index in [2.05, 4.69) is 10.6 Å². The first kappa shape index (κ1) is 22.3. The standard InChI is InChI=1S/C22H19ClN2O5S/c1-31(28,29)18-10-8-17(9-11-18)24-21(26)14-30-20-12-7-15(23)13-19(20)22(27)25-16-5-3-2-4-6-16/h2-13H,14H2,1H3,(H,24,26)(H,25,27). The van der Waals surface area contributed by atoms with Crippen molar-refractivity contribution < 1.29 is 22.7 Å². The second-order valence-corrected chi connectivity index (χ2v) is 9.05. The van der Waals surface area contributed by atoms with Crippen LogP contribution in [-0.4, -0.2) is 33.1 Å². The van der Waals surface area contributed by atoms with Crippen LogP contribution >= 0.6 is 11.6 Å². The molecule has 0 atom stereocenters. The topological polar surface area (TPSA) is 102 Å². The second-order valence-electron chi connectivity index (χ2n) is 6.59. The summed E-state index contributed by atoms with van der Waals surface area (Å²) in [5, 5.41) is 5.70. The molecule has 0 aromatic heterocycles. The van der Waals surface area contributed by atoms with Gasteiger partial charge in [0.15, 0.2) is 16.4 Å². The van der Waals surface area contributed by atoms with Gasteiger partial charge >= 0.3 is 0 Å². The molecule has 3 aromatic carbocycles. The van der Waals surface area contributed by atoms with Crippen molar-refractivity contribution in [3.8, 4) is 5.75 Å². The minimum Gasteiger partial charge on any atom is -0.483 e. The van der Waals surface area contributed by atoms with Crippen LogP contribution in [0.1, 0.15) is 10.4 Å². The van der Waals surface area contributed by atoms with Gasteiger partial charge in [0.2, 0.25) is 0 Å².